The number of rotatable bonds is 4. The number of benzene rings is 1. The fourth-order valence-corrected chi connectivity index (χ4v) is 3.14. The standard InChI is InChI=1S/C13H4Cl2F6N4O4.C3H3NS/c14-6-1-4(12(16,17)18)3-22-11(6)23-9-7(24(26)27)2-5(13(19,20)21)8(15)10(9)25(28)29;1-2-5-3-4-1/h1-3H,(H,22,23);1-3H. The Hall–Kier alpha value is -3.24. The number of thiazole rings is 1. The van der Waals surface area contributed by atoms with Crippen LogP contribution in [0.1, 0.15) is 11.1 Å². The van der Waals surface area contributed by atoms with Gasteiger partial charge in [0.05, 0.1) is 31.5 Å². The molecule has 0 radical (unpaired) electrons. The number of hydrogen-bond donors (Lipinski definition) is 1. The molecule has 1 aromatic carbocycles. The van der Waals surface area contributed by atoms with Crippen LogP contribution in [0.4, 0.5) is 49.2 Å². The van der Waals surface area contributed by atoms with Crippen LogP contribution in [0.5, 0.6) is 0 Å². The molecule has 2 heterocycles. The average Bonchev–Trinajstić information content (AvgIpc) is 3.27. The molecule has 9 nitrogen and oxygen atoms in total. The largest absolute Gasteiger partial charge is 0.418 e. The van der Waals surface area contributed by atoms with Crippen molar-refractivity contribution in [3.63, 3.8) is 0 Å². The highest BCUT2D eigenvalue weighted by atomic mass is 35.5. The summed E-state index contributed by atoms with van der Waals surface area (Å²) < 4.78 is 77.0. The maximum absolute atomic E-state index is 13.0. The third-order valence-corrected chi connectivity index (χ3v) is 4.86. The second kappa shape index (κ2) is 10.4. The summed E-state index contributed by atoms with van der Waals surface area (Å²) in [4.78, 5) is 26.6. The Kier molecular flexibility index (Phi) is 8.22. The van der Waals surface area contributed by atoms with Crippen molar-refractivity contribution in [2.45, 2.75) is 12.4 Å². The quantitative estimate of drug-likeness (QED) is 0.208. The molecule has 0 atom stereocenters. The highest BCUT2D eigenvalue weighted by Crippen LogP contribution is 2.48. The SMILES string of the molecule is O=[N+]([O-])c1cc(C(F)(F)F)c(Cl)c([N+](=O)[O-])c1Nc1ncc(C(F)(F)F)cc1Cl.c1cscn1. The van der Waals surface area contributed by atoms with Crippen molar-refractivity contribution >= 4 is 57.4 Å². The van der Waals surface area contributed by atoms with Gasteiger partial charge >= 0.3 is 23.7 Å². The number of alkyl halides is 6. The van der Waals surface area contributed by atoms with Crippen LogP contribution in [0.15, 0.2) is 35.4 Å². The Labute approximate surface area is 198 Å². The van der Waals surface area contributed by atoms with E-state index in [0.29, 0.717) is 6.07 Å². The molecular weight excluding hydrogens is 543 g/mol. The highest BCUT2D eigenvalue weighted by Gasteiger charge is 2.42. The zero-order valence-electron chi connectivity index (χ0n) is 15.8. The number of nitro groups is 2. The summed E-state index contributed by atoms with van der Waals surface area (Å²) in [6.07, 6.45) is -8.08. The van der Waals surface area contributed by atoms with Crippen LogP contribution in [-0.4, -0.2) is 19.8 Å². The van der Waals surface area contributed by atoms with E-state index in [2.05, 4.69) is 9.97 Å². The lowest BCUT2D eigenvalue weighted by molar-refractivity contribution is -0.392. The van der Waals surface area contributed by atoms with Crippen LogP contribution in [0, 0.1) is 20.2 Å². The van der Waals surface area contributed by atoms with Crippen LogP contribution in [-0.2, 0) is 12.4 Å². The molecule has 182 valence electrons. The van der Waals surface area contributed by atoms with E-state index in [4.69, 9.17) is 23.2 Å². The Morgan fingerprint density at radius 3 is 2.03 bits per heavy atom. The van der Waals surface area contributed by atoms with E-state index in [-0.39, 0.29) is 12.3 Å². The summed E-state index contributed by atoms with van der Waals surface area (Å²) in [6.45, 7) is 0. The molecule has 0 aliphatic heterocycles. The maximum atomic E-state index is 13.0. The molecule has 0 unspecified atom stereocenters. The molecule has 0 saturated carbocycles. The van der Waals surface area contributed by atoms with Gasteiger partial charge in [-0.1, -0.05) is 23.2 Å². The second-order valence-electron chi connectivity index (χ2n) is 5.85. The Morgan fingerprint density at radius 1 is 1.00 bits per heavy atom. The number of anilines is 2. The Bertz CT molecular complexity index is 1190. The molecule has 2 aromatic heterocycles. The van der Waals surface area contributed by atoms with Gasteiger partial charge in [0.15, 0.2) is 5.69 Å². The van der Waals surface area contributed by atoms with Gasteiger partial charge in [0, 0.05) is 23.8 Å². The van der Waals surface area contributed by atoms with Gasteiger partial charge in [-0.05, 0) is 6.07 Å². The summed E-state index contributed by atoms with van der Waals surface area (Å²) in [5.74, 6) is -0.721. The number of nitrogens with one attached hydrogen (secondary N) is 1. The van der Waals surface area contributed by atoms with Gasteiger partial charge in [-0.15, -0.1) is 11.3 Å². The molecular formula is C16H7Cl2F6N5O4S. The van der Waals surface area contributed by atoms with Gasteiger partial charge < -0.3 is 5.32 Å². The van der Waals surface area contributed by atoms with E-state index in [1.807, 2.05) is 10.7 Å². The van der Waals surface area contributed by atoms with Gasteiger partial charge in [0.1, 0.15) is 10.8 Å². The summed E-state index contributed by atoms with van der Waals surface area (Å²) in [5, 5.41) is 24.0. The molecule has 3 rings (SSSR count). The number of aromatic nitrogens is 2. The van der Waals surface area contributed by atoms with Gasteiger partial charge in [0.2, 0.25) is 0 Å². The van der Waals surface area contributed by atoms with Crippen molar-refractivity contribution in [3.05, 3.63) is 76.8 Å². The van der Waals surface area contributed by atoms with Crippen LogP contribution >= 0.6 is 34.5 Å². The number of nitro benzene ring substituents is 2. The first-order valence-electron chi connectivity index (χ1n) is 8.19. The van der Waals surface area contributed by atoms with Crippen LogP contribution in [0.2, 0.25) is 10.0 Å². The van der Waals surface area contributed by atoms with Crippen molar-refractivity contribution in [1.29, 1.82) is 0 Å². The molecule has 0 spiro atoms. The average molecular weight is 550 g/mol. The van der Waals surface area contributed by atoms with Crippen LogP contribution in [0.25, 0.3) is 0 Å². The number of pyridine rings is 1. The van der Waals surface area contributed by atoms with Crippen molar-refractivity contribution in [2.75, 3.05) is 5.32 Å². The fraction of sp³-hybridized carbons (Fsp3) is 0.125. The predicted molar refractivity (Wildman–Crippen MR) is 109 cm³/mol. The molecule has 18 heteroatoms. The van der Waals surface area contributed by atoms with E-state index in [9.17, 15) is 46.6 Å². The minimum atomic E-state index is -5.27. The third-order valence-electron chi connectivity index (χ3n) is 3.66. The van der Waals surface area contributed by atoms with Crippen molar-refractivity contribution in [3.8, 4) is 0 Å². The number of halogens is 8. The lowest BCUT2D eigenvalue weighted by Gasteiger charge is -2.14. The molecule has 0 bridgehead atoms. The lowest BCUT2D eigenvalue weighted by atomic mass is 10.1. The van der Waals surface area contributed by atoms with Crippen molar-refractivity contribution < 1.29 is 36.2 Å². The van der Waals surface area contributed by atoms with Gasteiger partial charge in [0.25, 0.3) is 0 Å². The van der Waals surface area contributed by atoms with Crippen LogP contribution in [0.3, 0.4) is 0 Å². The van der Waals surface area contributed by atoms with Gasteiger partial charge in [-0.2, -0.15) is 26.3 Å². The molecule has 1 N–H and O–H groups in total. The zero-order chi connectivity index (χ0) is 25.8. The molecule has 0 saturated heterocycles. The fourth-order valence-electron chi connectivity index (χ4n) is 2.25. The van der Waals surface area contributed by atoms with Crippen LogP contribution < -0.4 is 5.32 Å². The first-order chi connectivity index (χ1) is 15.6. The second-order valence-corrected chi connectivity index (χ2v) is 7.39. The Balaban J connectivity index is 0.000000720. The maximum Gasteiger partial charge on any atom is 0.418 e. The van der Waals surface area contributed by atoms with E-state index < -0.39 is 66.3 Å². The van der Waals surface area contributed by atoms with Crippen molar-refractivity contribution in [1.82, 2.24) is 9.97 Å². The van der Waals surface area contributed by atoms with E-state index >= 15 is 0 Å². The summed E-state index contributed by atoms with van der Waals surface area (Å²) in [6, 6.07) is 0.301. The first-order valence-corrected chi connectivity index (χ1v) is 9.88. The molecule has 0 aliphatic rings. The molecule has 0 amide bonds. The molecule has 0 aliphatic carbocycles. The van der Waals surface area contributed by atoms with E-state index in [1.54, 1.807) is 23.0 Å². The Morgan fingerprint density at radius 2 is 1.65 bits per heavy atom. The first kappa shape index (κ1) is 27.0. The van der Waals surface area contributed by atoms with E-state index in [0.717, 1.165) is 0 Å². The summed E-state index contributed by atoms with van der Waals surface area (Å²) in [7, 11) is 0. The third kappa shape index (κ3) is 6.42. The monoisotopic (exact) mass is 549 g/mol. The number of nitrogens with zero attached hydrogens (tertiary/aromatic N) is 4. The molecule has 3 aromatic rings. The predicted octanol–water partition coefficient (Wildman–Crippen LogP) is 7.13. The number of hydrogen-bond acceptors (Lipinski definition) is 8. The minimum absolute atomic E-state index is 0.0599. The minimum Gasteiger partial charge on any atom is -0.328 e. The summed E-state index contributed by atoms with van der Waals surface area (Å²) in [5.41, 5.74) is -5.47. The zero-order valence-corrected chi connectivity index (χ0v) is 18.1. The molecule has 34 heavy (non-hydrogen) atoms. The lowest BCUT2D eigenvalue weighted by Crippen LogP contribution is -2.12. The molecule has 0 fully saturated rings. The smallest absolute Gasteiger partial charge is 0.328 e. The van der Waals surface area contributed by atoms with Crippen molar-refractivity contribution in [2.24, 2.45) is 0 Å². The normalized spacial score (nSPS) is 11.4. The van der Waals surface area contributed by atoms with Gasteiger partial charge in [-0.25, -0.2) is 4.98 Å². The van der Waals surface area contributed by atoms with E-state index in [1.165, 1.54) is 0 Å². The van der Waals surface area contributed by atoms with Gasteiger partial charge in [-0.3, -0.25) is 25.2 Å². The highest BCUT2D eigenvalue weighted by molar-refractivity contribution is 7.07. The topological polar surface area (TPSA) is 124 Å². The summed E-state index contributed by atoms with van der Waals surface area (Å²) >= 11 is 12.7.